The van der Waals surface area contributed by atoms with Crippen LogP contribution in [0.1, 0.15) is 43.2 Å². The summed E-state index contributed by atoms with van der Waals surface area (Å²) in [7, 11) is 0. The standard InChI is InChI=1S/C20H28N4O2/c1-14(2)18(17-7-5-15(3)6-8-17)13-19(25)23-9-11-24(12-10-23)20-22-21-16(4)26-20/h5-8,14,18H,9-13H2,1-4H3. The zero-order chi connectivity index (χ0) is 18.7. The van der Waals surface area contributed by atoms with Crippen LogP contribution in [0.3, 0.4) is 0 Å². The second-order valence-corrected chi connectivity index (χ2v) is 7.44. The number of rotatable bonds is 5. The van der Waals surface area contributed by atoms with E-state index in [2.05, 4.69) is 55.2 Å². The first-order chi connectivity index (χ1) is 12.4. The van der Waals surface area contributed by atoms with Crippen molar-refractivity contribution in [1.82, 2.24) is 15.1 Å². The van der Waals surface area contributed by atoms with Crippen LogP contribution in [0.25, 0.3) is 0 Å². The minimum atomic E-state index is 0.227. The Labute approximate surface area is 155 Å². The van der Waals surface area contributed by atoms with E-state index in [9.17, 15) is 4.79 Å². The SMILES string of the molecule is Cc1ccc(C(CC(=O)N2CCN(c3nnc(C)o3)CC2)C(C)C)cc1. The molecule has 2 aromatic rings. The Kier molecular flexibility index (Phi) is 5.59. The molecule has 26 heavy (non-hydrogen) atoms. The Bertz CT molecular complexity index is 731. The van der Waals surface area contributed by atoms with Gasteiger partial charge in [0.1, 0.15) is 0 Å². The molecular weight excluding hydrogens is 328 g/mol. The Morgan fingerprint density at radius 3 is 2.27 bits per heavy atom. The summed E-state index contributed by atoms with van der Waals surface area (Å²) in [5.41, 5.74) is 2.49. The van der Waals surface area contributed by atoms with Crippen molar-refractivity contribution < 1.29 is 9.21 Å². The number of hydrogen-bond acceptors (Lipinski definition) is 5. The summed E-state index contributed by atoms with van der Waals surface area (Å²) < 4.78 is 5.48. The molecule has 3 rings (SSSR count). The van der Waals surface area contributed by atoms with Crippen molar-refractivity contribution in [3.05, 3.63) is 41.3 Å². The van der Waals surface area contributed by atoms with Crippen molar-refractivity contribution in [3.63, 3.8) is 0 Å². The third-order valence-corrected chi connectivity index (χ3v) is 5.12. The van der Waals surface area contributed by atoms with Crippen LogP contribution in [0, 0.1) is 19.8 Å². The number of amides is 1. The largest absolute Gasteiger partial charge is 0.408 e. The first-order valence-electron chi connectivity index (χ1n) is 9.33. The van der Waals surface area contributed by atoms with Gasteiger partial charge in [0.2, 0.25) is 11.8 Å². The Morgan fingerprint density at radius 2 is 1.73 bits per heavy atom. The lowest BCUT2D eigenvalue weighted by Crippen LogP contribution is -2.49. The van der Waals surface area contributed by atoms with Crippen molar-refractivity contribution >= 4 is 11.9 Å². The molecule has 1 unspecified atom stereocenters. The highest BCUT2D eigenvalue weighted by molar-refractivity contribution is 5.77. The number of nitrogens with zero attached hydrogens (tertiary/aromatic N) is 4. The van der Waals surface area contributed by atoms with Crippen LogP contribution in [0.5, 0.6) is 0 Å². The summed E-state index contributed by atoms with van der Waals surface area (Å²) in [6, 6.07) is 9.11. The summed E-state index contributed by atoms with van der Waals surface area (Å²) in [4.78, 5) is 16.9. The van der Waals surface area contributed by atoms with E-state index in [0.717, 1.165) is 13.1 Å². The number of aromatic nitrogens is 2. The summed E-state index contributed by atoms with van der Waals surface area (Å²) in [5, 5.41) is 7.94. The molecule has 1 aromatic heterocycles. The molecule has 0 N–H and O–H groups in total. The van der Waals surface area contributed by atoms with Gasteiger partial charge in [-0.15, -0.1) is 5.10 Å². The number of benzene rings is 1. The van der Waals surface area contributed by atoms with E-state index in [1.807, 2.05) is 9.80 Å². The monoisotopic (exact) mass is 356 g/mol. The van der Waals surface area contributed by atoms with Crippen LogP contribution in [0.4, 0.5) is 6.01 Å². The van der Waals surface area contributed by atoms with Crippen molar-refractivity contribution in [2.45, 2.75) is 40.0 Å². The second kappa shape index (κ2) is 7.89. The first-order valence-corrected chi connectivity index (χ1v) is 9.33. The highest BCUT2D eigenvalue weighted by atomic mass is 16.4. The average molecular weight is 356 g/mol. The number of piperazine rings is 1. The minimum absolute atomic E-state index is 0.227. The third kappa shape index (κ3) is 4.23. The highest BCUT2D eigenvalue weighted by Crippen LogP contribution is 2.29. The minimum Gasteiger partial charge on any atom is -0.408 e. The molecule has 0 radical (unpaired) electrons. The Morgan fingerprint density at radius 1 is 1.08 bits per heavy atom. The normalized spacial score (nSPS) is 16.2. The maximum absolute atomic E-state index is 12.9. The van der Waals surface area contributed by atoms with Crippen molar-refractivity contribution in [2.75, 3.05) is 31.1 Å². The van der Waals surface area contributed by atoms with Gasteiger partial charge in [-0.2, -0.15) is 0 Å². The zero-order valence-electron chi connectivity index (χ0n) is 16.1. The lowest BCUT2D eigenvalue weighted by molar-refractivity contribution is -0.132. The molecule has 1 amide bonds. The van der Waals surface area contributed by atoms with E-state index >= 15 is 0 Å². The molecule has 6 nitrogen and oxygen atoms in total. The first kappa shape index (κ1) is 18.4. The average Bonchev–Trinajstić information content (AvgIpc) is 3.07. The van der Waals surface area contributed by atoms with Gasteiger partial charge in [-0.3, -0.25) is 4.79 Å². The smallest absolute Gasteiger partial charge is 0.318 e. The number of aryl methyl sites for hydroxylation is 2. The van der Waals surface area contributed by atoms with E-state index < -0.39 is 0 Å². The zero-order valence-corrected chi connectivity index (χ0v) is 16.1. The van der Waals surface area contributed by atoms with Crippen LogP contribution >= 0.6 is 0 Å². The molecule has 0 spiro atoms. The Hall–Kier alpha value is -2.37. The summed E-state index contributed by atoms with van der Waals surface area (Å²) in [6.45, 7) is 11.1. The van der Waals surface area contributed by atoms with E-state index in [1.165, 1.54) is 11.1 Å². The maximum Gasteiger partial charge on any atom is 0.318 e. The number of carbonyl (C=O) groups excluding carboxylic acids is 1. The van der Waals surface area contributed by atoms with Gasteiger partial charge in [0.25, 0.3) is 0 Å². The van der Waals surface area contributed by atoms with Gasteiger partial charge in [0.05, 0.1) is 0 Å². The van der Waals surface area contributed by atoms with Crippen LogP contribution in [-0.4, -0.2) is 47.2 Å². The fourth-order valence-electron chi connectivity index (χ4n) is 3.43. The third-order valence-electron chi connectivity index (χ3n) is 5.12. The topological polar surface area (TPSA) is 62.5 Å². The van der Waals surface area contributed by atoms with Gasteiger partial charge in [-0.25, -0.2) is 0 Å². The fourth-order valence-corrected chi connectivity index (χ4v) is 3.43. The van der Waals surface area contributed by atoms with E-state index in [4.69, 9.17) is 4.42 Å². The number of anilines is 1. The molecule has 1 saturated heterocycles. The van der Waals surface area contributed by atoms with Crippen LogP contribution in [-0.2, 0) is 4.79 Å². The molecule has 1 aliphatic heterocycles. The van der Waals surface area contributed by atoms with E-state index in [-0.39, 0.29) is 11.8 Å². The molecule has 1 aromatic carbocycles. The van der Waals surface area contributed by atoms with Gasteiger partial charge in [-0.05, 0) is 24.3 Å². The summed E-state index contributed by atoms with van der Waals surface area (Å²) in [6.07, 6.45) is 0.556. The maximum atomic E-state index is 12.9. The number of carbonyl (C=O) groups is 1. The van der Waals surface area contributed by atoms with Crippen molar-refractivity contribution in [2.24, 2.45) is 5.92 Å². The van der Waals surface area contributed by atoms with E-state index in [1.54, 1.807) is 6.92 Å². The van der Waals surface area contributed by atoms with E-state index in [0.29, 0.717) is 37.3 Å². The lowest BCUT2D eigenvalue weighted by Gasteiger charge is -2.34. The molecule has 2 heterocycles. The van der Waals surface area contributed by atoms with Gasteiger partial charge in [-0.1, -0.05) is 48.8 Å². The molecule has 1 fully saturated rings. The van der Waals surface area contributed by atoms with Crippen LogP contribution in [0.2, 0.25) is 0 Å². The van der Waals surface area contributed by atoms with Crippen LogP contribution in [0.15, 0.2) is 28.7 Å². The van der Waals surface area contributed by atoms with Gasteiger partial charge >= 0.3 is 6.01 Å². The summed E-state index contributed by atoms with van der Waals surface area (Å²) >= 11 is 0. The van der Waals surface area contributed by atoms with Crippen molar-refractivity contribution in [3.8, 4) is 0 Å². The molecule has 0 bridgehead atoms. The molecule has 0 aliphatic carbocycles. The van der Waals surface area contributed by atoms with Gasteiger partial charge in [0.15, 0.2) is 0 Å². The molecule has 140 valence electrons. The number of hydrogen-bond donors (Lipinski definition) is 0. The molecule has 1 aliphatic rings. The molecular formula is C20H28N4O2. The van der Waals surface area contributed by atoms with Crippen LogP contribution < -0.4 is 4.90 Å². The quantitative estimate of drug-likeness (QED) is 0.823. The lowest BCUT2D eigenvalue weighted by atomic mass is 9.85. The second-order valence-electron chi connectivity index (χ2n) is 7.44. The molecule has 1 atom stereocenters. The molecule has 6 heteroatoms. The Balaban J connectivity index is 1.59. The van der Waals surface area contributed by atoms with Gasteiger partial charge < -0.3 is 14.2 Å². The van der Waals surface area contributed by atoms with Crippen molar-refractivity contribution in [1.29, 1.82) is 0 Å². The summed E-state index contributed by atoms with van der Waals surface area (Å²) in [5.74, 6) is 1.46. The predicted molar refractivity (Wildman–Crippen MR) is 101 cm³/mol. The predicted octanol–water partition coefficient (Wildman–Crippen LogP) is 3.16. The fraction of sp³-hybridized carbons (Fsp3) is 0.550. The molecule has 0 saturated carbocycles. The highest BCUT2D eigenvalue weighted by Gasteiger charge is 2.27. The van der Waals surface area contributed by atoms with Gasteiger partial charge in [0, 0.05) is 39.5 Å².